The number of carboxylic acid groups (broad SMARTS) is 1. The van der Waals surface area contributed by atoms with Crippen molar-refractivity contribution in [1.82, 2.24) is 14.5 Å². The number of rotatable bonds is 5. The third-order valence-electron chi connectivity index (χ3n) is 8.81. The first-order chi connectivity index (χ1) is 17.0. The first-order valence-electron chi connectivity index (χ1n) is 13.6. The second-order valence-corrected chi connectivity index (χ2v) is 11.0. The molecule has 2 aromatic rings. The minimum atomic E-state index is -0.637. The van der Waals surface area contributed by atoms with Crippen molar-refractivity contribution in [3.63, 3.8) is 0 Å². The Hall–Kier alpha value is -2.57. The van der Waals surface area contributed by atoms with Gasteiger partial charge in [-0.25, -0.2) is 9.78 Å². The summed E-state index contributed by atoms with van der Waals surface area (Å²) in [4.78, 5) is 31.3. The zero-order chi connectivity index (χ0) is 24.5. The number of nitrogens with zero attached hydrogens (tertiary/aromatic N) is 3. The van der Waals surface area contributed by atoms with Crippen molar-refractivity contribution in [2.45, 2.75) is 96.1 Å². The highest BCUT2D eigenvalue weighted by molar-refractivity contribution is 5.82. The van der Waals surface area contributed by atoms with E-state index >= 15 is 0 Å². The number of carboxylic acids is 1. The number of amides is 1. The molecule has 0 spiro atoms. The number of benzene rings is 1. The van der Waals surface area contributed by atoms with E-state index < -0.39 is 5.97 Å². The Morgan fingerprint density at radius 3 is 2.60 bits per heavy atom. The lowest BCUT2D eigenvalue weighted by molar-refractivity contribution is -0.145. The maximum absolute atomic E-state index is 12.3. The number of imidazole rings is 1. The van der Waals surface area contributed by atoms with Gasteiger partial charge in [0.15, 0.2) is 0 Å². The van der Waals surface area contributed by atoms with E-state index in [4.69, 9.17) is 9.72 Å². The molecule has 0 radical (unpaired) electrons. The average molecular weight is 482 g/mol. The lowest BCUT2D eigenvalue weighted by atomic mass is 9.76. The number of hydrogen-bond donors (Lipinski definition) is 1. The molecule has 3 aliphatic rings. The minimum Gasteiger partial charge on any atom is -0.481 e. The van der Waals surface area contributed by atoms with Crippen molar-refractivity contribution in [3.8, 4) is 0 Å². The second-order valence-electron chi connectivity index (χ2n) is 11.0. The molecule has 2 aliphatic carbocycles. The number of ether oxygens (including phenoxy) is 1. The van der Waals surface area contributed by atoms with Crippen LogP contribution in [0.4, 0.5) is 4.79 Å². The highest BCUT2D eigenvalue weighted by Gasteiger charge is 2.34. The van der Waals surface area contributed by atoms with Gasteiger partial charge >= 0.3 is 12.1 Å². The zero-order valence-corrected chi connectivity index (χ0v) is 21.2. The van der Waals surface area contributed by atoms with Crippen LogP contribution in [-0.2, 0) is 22.5 Å². The summed E-state index contributed by atoms with van der Waals surface area (Å²) in [5.41, 5.74) is 4.56. The van der Waals surface area contributed by atoms with Crippen molar-refractivity contribution < 1.29 is 19.4 Å². The fraction of sp³-hybridized carbons (Fsp3) is 0.679. The molecular formula is C28H39N3O4. The fourth-order valence-corrected chi connectivity index (χ4v) is 6.97. The molecule has 2 saturated carbocycles. The molecule has 190 valence electrons. The van der Waals surface area contributed by atoms with Crippen LogP contribution in [0.25, 0.3) is 11.0 Å². The topological polar surface area (TPSA) is 84.7 Å². The third kappa shape index (κ3) is 4.66. The molecule has 2 fully saturated rings. The minimum absolute atomic E-state index is 0.181. The van der Waals surface area contributed by atoms with E-state index in [0.29, 0.717) is 19.0 Å². The molecule has 1 aliphatic heterocycles. The van der Waals surface area contributed by atoms with Gasteiger partial charge in [0.25, 0.3) is 0 Å². The predicted molar refractivity (Wildman–Crippen MR) is 134 cm³/mol. The summed E-state index contributed by atoms with van der Waals surface area (Å²) in [5.74, 6) is 0.942. The van der Waals surface area contributed by atoms with Gasteiger partial charge in [-0.3, -0.25) is 4.79 Å². The van der Waals surface area contributed by atoms with Crippen LogP contribution in [0.15, 0.2) is 12.1 Å². The molecule has 0 bridgehead atoms. The standard InChI is InChI=1S/C28H39N3O4/c1-18(16-21-10-6-7-11-22(21)27(32)33)31-24-13-12-19-14-15-30(28(34)35-2)17-23(19)25(24)29-26(31)20-8-4-3-5-9-20/h12-13,18,20-22H,3-11,14-17H2,1-2H3,(H,32,33)/t18-,21-,22+/m1/s1. The van der Waals surface area contributed by atoms with Crippen molar-refractivity contribution >= 4 is 23.1 Å². The molecule has 5 rings (SSSR count). The van der Waals surface area contributed by atoms with E-state index in [1.807, 2.05) is 0 Å². The molecule has 35 heavy (non-hydrogen) atoms. The molecule has 1 N–H and O–H groups in total. The summed E-state index contributed by atoms with van der Waals surface area (Å²) in [6.07, 6.45) is 11.4. The van der Waals surface area contributed by atoms with Crippen LogP contribution in [-0.4, -0.2) is 45.3 Å². The van der Waals surface area contributed by atoms with Gasteiger partial charge in [0.05, 0.1) is 30.6 Å². The number of aliphatic carboxylic acids is 1. The Bertz CT molecular complexity index is 1090. The van der Waals surface area contributed by atoms with Crippen LogP contribution >= 0.6 is 0 Å². The third-order valence-corrected chi connectivity index (χ3v) is 8.81. The molecule has 1 amide bonds. The Morgan fingerprint density at radius 1 is 1.11 bits per heavy atom. The molecular weight excluding hydrogens is 442 g/mol. The molecule has 7 nitrogen and oxygen atoms in total. The molecule has 1 aromatic heterocycles. The van der Waals surface area contributed by atoms with Crippen molar-refractivity contribution in [1.29, 1.82) is 0 Å². The average Bonchev–Trinajstić information content (AvgIpc) is 3.29. The van der Waals surface area contributed by atoms with Gasteiger partial charge in [0.1, 0.15) is 5.82 Å². The zero-order valence-electron chi connectivity index (χ0n) is 21.2. The van der Waals surface area contributed by atoms with Crippen LogP contribution in [0, 0.1) is 11.8 Å². The number of carbonyl (C=O) groups excluding carboxylic acids is 1. The van der Waals surface area contributed by atoms with Crippen LogP contribution in [0.5, 0.6) is 0 Å². The molecule has 0 unspecified atom stereocenters. The Kier molecular flexibility index (Phi) is 7.03. The van der Waals surface area contributed by atoms with Gasteiger partial charge < -0.3 is 19.3 Å². The van der Waals surface area contributed by atoms with Crippen molar-refractivity contribution in [2.75, 3.05) is 13.7 Å². The molecule has 3 atom stereocenters. The predicted octanol–water partition coefficient (Wildman–Crippen LogP) is 6.05. The summed E-state index contributed by atoms with van der Waals surface area (Å²) < 4.78 is 7.45. The summed E-state index contributed by atoms with van der Waals surface area (Å²) >= 11 is 0. The summed E-state index contributed by atoms with van der Waals surface area (Å²) in [5, 5.41) is 9.84. The largest absolute Gasteiger partial charge is 0.481 e. The molecule has 0 saturated heterocycles. The smallest absolute Gasteiger partial charge is 0.409 e. The molecule has 1 aromatic carbocycles. The van der Waals surface area contributed by atoms with E-state index in [0.717, 1.165) is 68.0 Å². The summed E-state index contributed by atoms with van der Waals surface area (Å²) in [7, 11) is 1.44. The van der Waals surface area contributed by atoms with Gasteiger partial charge in [0, 0.05) is 24.1 Å². The van der Waals surface area contributed by atoms with Crippen LogP contribution in [0.2, 0.25) is 0 Å². The monoisotopic (exact) mass is 481 g/mol. The number of aromatic nitrogens is 2. The van der Waals surface area contributed by atoms with E-state index in [1.54, 1.807) is 4.90 Å². The maximum atomic E-state index is 12.3. The summed E-state index contributed by atoms with van der Waals surface area (Å²) in [6, 6.07) is 4.61. The maximum Gasteiger partial charge on any atom is 0.409 e. The van der Waals surface area contributed by atoms with Crippen LogP contribution in [0.3, 0.4) is 0 Å². The van der Waals surface area contributed by atoms with Gasteiger partial charge in [0.2, 0.25) is 0 Å². The van der Waals surface area contributed by atoms with E-state index in [-0.39, 0.29) is 24.0 Å². The van der Waals surface area contributed by atoms with E-state index in [9.17, 15) is 14.7 Å². The SMILES string of the molecule is COC(=O)N1CCc2ccc3c(nc(C4CCCCC4)n3[C@H](C)C[C@H]3CCCC[C@@H]3C(=O)O)c2C1. The normalized spacial score (nSPS) is 24.2. The lowest BCUT2D eigenvalue weighted by Gasteiger charge is -2.32. The van der Waals surface area contributed by atoms with Gasteiger partial charge in [-0.2, -0.15) is 0 Å². The number of methoxy groups -OCH3 is 1. The second kappa shape index (κ2) is 10.2. The van der Waals surface area contributed by atoms with Crippen LogP contribution < -0.4 is 0 Å². The lowest BCUT2D eigenvalue weighted by Crippen LogP contribution is -2.35. The Balaban J connectivity index is 1.55. The quantitative estimate of drug-likeness (QED) is 0.562. The Labute approximate surface area is 207 Å². The van der Waals surface area contributed by atoms with Crippen molar-refractivity contribution in [2.24, 2.45) is 11.8 Å². The van der Waals surface area contributed by atoms with Crippen molar-refractivity contribution in [3.05, 3.63) is 29.1 Å². The van der Waals surface area contributed by atoms with Crippen LogP contribution in [0.1, 0.15) is 100 Å². The first-order valence-corrected chi connectivity index (χ1v) is 13.6. The number of carbonyl (C=O) groups is 2. The van der Waals surface area contributed by atoms with Gasteiger partial charge in [-0.1, -0.05) is 38.2 Å². The highest BCUT2D eigenvalue weighted by Crippen LogP contribution is 2.41. The number of fused-ring (bicyclic) bond motifs is 3. The Morgan fingerprint density at radius 2 is 1.86 bits per heavy atom. The van der Waals surface area contributed by atoms with Gasteiger partial charge in [-0.05, 0) is 63.0 Å². The highest BCUT2D eigenvalue weighted by atomic mass is 16.5. The number of hydrogen-bond acceptors (Lipinski definition) is 4. The molecule has 7 heteroatoms. The first kappa shape index (κ1) is 24.1. The van der Waals surface area contributed by atoms with E-state index in [1.165, 1.54) is 37.8 Å². The fourth-order valence-electron chi connectivity index (χ4n) is 6.97. The van der Waals surface area contributed by atoms with E-state index in [2.05, 4.69) is 23.6 Å². The van der Waals surface area contributed by atoms with Gasteiger partial charge in [-0.15, -0.1) is 0 Å². The molecule has 2 heterocycles. The summed E-state index contributed by atoms with van der Waals surface area (Å²) in [6.45, 7) is 3.44.